The fourth-order valence-corrected chi connectivity index (χ4v) is 3.46. The molecule has 16 heavy (non-hydrogen) atoms. The standard InChI is InChI=1S/C12H21N3S/c1-12(2,10-14-15-11(13)16-10)9-7-5-3-4-6-8-9/h9H,3-8H2,1-2H3,(H2,13,15). The molecule has 1 saturated carbocycles. The van der Waals surface area contributed by atoms with Gasteiger partial charge in [0.1, 0.15) is 5.01 Å². The van der Waals surface area contributed by atoms with Gasteiger partial charge >= 0.3 is 0 Å². The number of aromatic nitrogens is 2. The summed E-state index contributed by atoms with van der Waals surface area (Å²) in [5.41, 5.74) is 5.82. The minimum Gasteiger partial charge on any atom is -0.374 e. The Balaban J connectivity index is 2.16. The third-order valence-electron chi connectivity index (χ3n) is 3.87. The van der Waals surface area contributed by atoms with Crippen LogP contribution in [0.25, 0.3) is 0 Å². The van der Waals surface area contributed by atoms with Crippen LogP contribution in [-0.4, -0.2) is 10.2 Å². The van der Waals surface area contributed by atoms with Gasteiger partial charge in [0.15, 0.2) is 0 Å². The number of hydrogen-bond donors (Lipinski definition) is 1. The molecule has 0 bridgehead atoms. The Labute approximate surface area is 101 Å². The van der Waals surface area contributed by atoms with E-state index in [1.165, 1.54) is 38.5 Å². The second kappa shape index (κ2) is 4.70. The van der Waals surface area contributed by atoms with Crippen LogP contribution >= 0.6 is 11.3 Å². The van der Waals surface area contributed by atoms with E-state index < -0.39 is 0 Å². The van der Waals surface area contributed by atoms with Gasteiger partial charge in [-0.3, -0.25) is 0 Å². The van der Waals surface area contributed by atoms with Crippen LogP contribution in [0.2, 0.25) is 0 Å². The van der Waals surface area contributed by atoms with E-state index in [-0.39, 0.29) is 5.41 Å². The molecule has 2 rings (SSSR count). The van der Waals surface area contributed by atoms with E-state index in [4.69, 9.17) is 5.73 Å². The molecule has 0 saturated heterocycles. The lowest BCUT2D eigenvalue weighted by Gasteiger charge is -2.31. The van der Waals surface area contributed by atoms with Crippen molar-refractivity contribution >= 4 is 16.5 Å². The van der Waals surface area contributed by atoms with Crippen molar-refractivity contribution in [3.05, 3.63) is 5.01 Å². The predicted molar refractivity (Wildman–Crippen MR) is 68.5 cm³/mol. The van der Waals surface area contributed by atoms with Gasteiger partial charge in [0.25, 0.3) is 0 Å². The van der Waals surface area contributed by atoms with Crippen LogP contribution in [0.1, 0.15) is 57.4 Å². The summed E-state index contributed by atoms with van der Waals surface area (Å²) >= 11 is 1.55. The van der Waals surface area contributed by atoms with Gasteiger partial charge in [-0.2, -0.15) is 0 Å². The zero-order valence-electron chi connectivity index (χ0n) is 10.2. The number of nitrogens with zero attached hydrogens (tertiary/aromatic N) is 2. The molecule has 0 atom stereocenters. The molecule has 2 N–H and O–H groups in total. The van der Waals surface area contributed by atoms with Crippen LogP contribution in [0.3, 0.4) is 0 Å². The summed E-state index contributed by atoms with van der Waals surface area (Å²) in [5, 5.41) is 9.89. The smallest absolute Gasteiger partial charge is 0.203 e. The van der Waals surface area contributed by atoms with Crippen LogP contribution in [0.5, 0.6) is 0 Å². The maximum atomic E-state index is 5.68. The topological polar surface area (TPSA) is 51.8 Å². The number of rotatable bonds is 2. The number of nitrogen functional groups attached to an aromatic ring is 1. The molecule has 1 aliphatic rings. The molecule has 1 aromatic rings. The SMILES string of the molecule is CC(C)(c1nnc(N)s1)C1CCCCCC1. The summed E-state index contributed by atoms with van der Waals surface area (Å²) in [4.78, 5) is 0. The molecule has 0 unspecified atom stereocenters. The predicted octanol–water partition coefficient (Wildman–Crippen LogP) is 3.37. The van der Waals surface area contributed by atoms with Gasteiger partial charge in [-0.15, -0.1) is 10.2 Å². The monoisotopic (exact) mass is 239 g/mol. The Hall–Kier alpha value is -0.640. The summed E-state index contributed by atoms with van der Waals surface area (Å²) in [6.45, 7) is 4.59. The van der Waals surface area contributed by atoms with Gasteiger partial charge in [-0.25, -0.2) is 0 Å². The Bertz CT molecular complexity index is 338. The third-order valence-corrected chi connectivity index (χ3v) is 4.96. The minimum absolute atomic E-state index is 0.139. The van der Waals surface area contributed by atoms with Crippen LogP contribution in [0, 0.1) is 5.92 Å². The first-order chi connectivity index (χ1) is 7.60. The van der Waals surface area contributed by atoms with Crippen molar-refractivity contribution in [1.82, 2.24) is 10.2 Å². The lowest BCUT2D eigenvalue weighted by atomic mass is 9.75. The van der Waals surface area contributed by atoms with Gasteiger partial charge in [-0.05, 0) is 18.8 Å². The zero-order chi connectivity index (χ0) is 11.6. The van der Waals surface area contributed by atoms with Crippen molar-refractivity contribution in [1.29, 1.82) is 0 Å². The average molecular weight is 239 g/mol. The summed E-state index contributed by atoms with van der Waals surface area (Å²) in [6, 6.07) is 0. The minimum atomic E-state index is 0.139. The van der Waals surface area contributed by atoms with Gasteiger partial charge in [0.2, 0.25) is 5.13 Å². The fourth-order valence-electron chi connectivity index (χ4n) is 2.67. The quantitative estimate of drug-likeness (QED) is 0.805. The van der Waals surface area contributed by atoms with Crippen molar-refractivity contribution in [2.45, 2.75) is 57.8 Å². The summed E-state index contributed by atoms with van der Waals surface area (Å²) in [6.07, 6.45) is 8.17. The maximum Gasteiger partial charge on any atom is 0.203 e. The van der Waals surface area contributed by atoms with Crippen LogP contribution < -0.4 is 5.73 Å². The van der Waals surface area contributed by atoms with Crippen LogP contribution in [0.4, 0.5) is 5.13 Å². The highest BCUT2D eigenvalue weighted by atomic mass is 32.1. The normalized spacial score (nSPS) is 19.6. The Kier molecular flexibility index (Phi) is 3.47. The highest BCUT2D eigenvalue weighted by molar-refractivity contribution is 7.15. The number of nitrogens with two attached hydrogens (primary N) is 1. The largest absolute Gasteiger partial charge is 0.374 e. The Morgan fingerprint density at radius 2 is 1.75 bits per heavy atom. The third kappa shape index (κ3) is 2.37. The molecule has 90 valence electrons. The van der Waals surface area contributed by atoms with Crippen molar-refractivity contribution < 1.29 is 0 Å². The highest BCUT2D eigenvalue weighted by Gasteiger charge is 2.34. The lowest BCUT2D eigenvalue weighted by Crippen LogP contribution is -2.28. The van der Waals surface area contributed by atoms with Crippen molar-refractivity contribution in [2.24, 2.45) is 5.92 Å². The molecular formula is C12H21N3S. The zero-order valence-corrected chi connectivity index (χ0v) is 11.0. The van der Waals surface area contributed by atoms with Crippen LogP contribution in [-0.2, 0) is 5.41 Å². The maximum absolute atomic E-state index is 5.68. The first kappa shape index (κ1) is 11.8. The van der Waals surface area contributed by atoms with E-state index in [9.17, 15) is 0 Å². The molecule has 0 aromatic carbocycles. The molecule has 3 nitrogen and oxygen atoms in total. The molecule has 0 amide bonds. The molecule has 0 radical (unpaired) electrons. The summed E-state index contributed by atoms with van der Waals surface area (Å²) < 4.78 is 0. The molecule has 1 fully saturated rings. The first-order valence-corrected chi connectivity index (χ1v) is 7.02. The molecule has 1 heterocycles. The molecule has 4 heteroatoms. The van der Waals surface area contributed by atoms with Crippen molar-refractivity contribution in [2.75, 3.05) is 5.73 Å². The highest BCUT2D eigenvalue weighted by Crippen LogP contribution is 2.41. The van der Waals surface area contributed by atoms with Gasteiger partial charge < -0.3 is 5.73 Å². The lowest BCUT2D eigenvalue weighted by molar-refractivity contribution is 0.282. The molecule has 0 spiro atoms. The van der Waals surface area contributed by atoms with Gasteiger partial charge in [0, 0.05) is 5.41 Å². The second-order valence-corrected chi connectivity index (χ2v) is 6.36. The Morgan fingerprint density at radius 1 is 1.12 bits per heavy atom. The van der Waals surface area contributed by atoms with E-state index in [0.717, 1.165) is 10.9 Å². The number of anilines is 1. The summed E-state index contributed by atoms with van der Waals surface area (Å²) in [5.74, 6) is 0.738. The van der Waals surface area contributed by atoms with Crippen molar-refractivity contribution in [3.63, 3.8) is 0 Å². The Morgan fingerprint density at radius 3 is 2.25 bits per heavy atom. The van der Waals surface area contributed by atoms with Gasteiger partial charge in [-0.1, -0.05) is 50.9 Å². The molecule has 1 aromatic heterocycles. The second-order valence-electron chi connectivity index (χ2n) is 5.36. The average Bonchev–Trinajstić information content (AvgIpc) is 2.54. The molecule has 0 aliphatic heterocycles. The van der Waals surface area contributed by atoms with E-state index in [1.807, 2.05) is 0 Å². The van der Waals surface area contributed by atoms with E-state index >= 15 is 0 Å². The summed E-state index contributed by atoms with van der Waals surface area (Å²) in [7, 11) is 0. The van der Waals surface area contributed by atoms with E-state index in [0.29, 0.717) is 5.13 Å². The van der Waals surface area contributed by atoms with Crippen LogP contribution in [0.15, 0.2) is 0 Å². The first-order valence-electron chi connectivity index (χ1n) is 6.20. The number of hydrogen-bond acceptors (Lipinski definition) is 4. The fraction of sp³-hybridized carbons (Fsp3) is 0.833. The van der Waals surface area contributed by atoms with Gasteiger partial charge in [0.05, 0.1) is 0 Å². The molecule has 1 aliphatic carbocycles. The molecular weight excluding hydrogens is 218 g/mol. The van der Waals surface area contributed by atoms with E-state index in [2.05, 4.69) is 24.0 Å². The van der Waals surface area contributed by atoms with Crippen molar-refractivity contribution in [3.8, 4) is 0 Å². The van der Waals surface area contributed by atoms with E-state index in [1.54, 1.807) is 11.3 Å².